The molecule has 0 aliphatic carbocycles. The second-order valence-corrected chi connectivity index (χ2v) is 4.14. The maximum absolute atomic E-state index is 6.13. The fraction of sp³-hybridized carbons (Fsp3) is 0.0769. The van der Waals surface area contributed by atoms with Crippen LogP contribution in [0, 0.1) is 0 Å². The topological polar surface area (TPSA) is 9.23 Å². The van der Waals surface area contributed by atoms with Crippen LogP contribution in [0.2, 0.25) is 10.0 Å². The van der Waals surface area contributed by atoms with Crippen molar-refractivity contribution in [1.82, 2.24) is 0 Å². The number of halogens is 2. The third-order valence-corrected chi connectivity index (χ3v) is 2.95. The molecule has 0 radical (unpaired) electrons. The maximum Gasteiger partial charge on any atom is 0.119 e. The average molecular weight is 253 g/mol. The Hall–Kier alpha value is -1.18. The van der Waals surface area contributed by atoms with E-state index in [1.165, 1.54) is 0 Å². The number of methoxy groups -OCH3 is 1. The van der Waals surface area contributed by atoms with E-state index in [0.717, 1.165) is 16.9 Å². The molecule has 0 atom stereocenters. The zero-order valence-corrected chi connectivity index (χ0v) is 10.2. The molecular formula is C13H10Cl2O. The minimum Gasteiger partial charge on any atom is -0.497 e. The minimum atomic E-state index is 0.640. The highest BCUT2D eigenvalue weighted by atomic mass is 35.5. The monoisotopic (exact) mass is 252 g/mol. The molecule has 0 N–H and O–H groups in total. The van der Waals surface area contributed by atoms with Gasteiger partial charge in [0.05, 0.1) is 7.11 Å². The number of ether oxygens (including phenoxy) is 1. The van der Waals surface area contributed by atoms with Crippen molar-refractivity contribution in [3.8, 4) is 16.9 Å². The second kappa shape index (κ2) is 4.77. The van der Waals surface area contributed by atoms with Crippen molar-refractivity contribution in [3.05, 3.63) is 52.5 Å². The molecule has 0 aliphatic rings. The molecule has 0 aromatic heterocycles. The lowest BCUT2D eigenvalue weighted by Crippen LogP contribution is -1.85. The molecule has 2 aromatic rings. The molecule has 0 aliphatic heterocycles. The molecular weight excluding hydrogens is 243 g/mol. The van der Waals surface area contributed by atoms with Crippen molar-refractivity contribution in [2.24, 2.45) is 0 Å². The SMILES string of the molecule is COc1cccc(-c2c(Cl)cccc2Cl)c1. The summed E-state index contributed by atoms with van der Waals surface area (Å²) in [5.74, 6) is 0.786. The Balaban J connectivity index is 2.58. The van der Waals surface area contributed by atoms with Gasteiger partial charge in [-0.1, -0.05) is 41.4 Å². The van der Waals surface area contributed by atoms with Gasteiger partial charge in [-0.3, -0.25) is 0 Å². The Morgan fingerprint density at radius 1 is 0.938 bits per heavy atom. The van der Waals surface area contributed by atoms with Gasteiger partial charge in [0.25, 0.3) is 0 Å². The molecule has 0 amide bonds. The van der Waals surface area contributed by atoms with Crippen LogP contribution in [0.15, 0.2) is 42.5 Å². The van der Waals surface area contributed by atoms with Crippen molar-refractivity contribution in [3.63, 3.8) is 0 Å². The highest BCUT2D eigenvalue weighted by molar-refractivity contribution is 6.39. The Labute approximate surface area is 105 Å². The van der Waals surface area contributed by atoms with Crippen LogP contribution in [0.4, 0.5) is 0 Å². The standard InChI is InChI=1S/C13H10Cl2O/c1-16-10-5-2-4-9(8-10)13-11(14)6-3-7-12(13)15/h2-8H,1H3. The quantitative estimate of drug-likeness (QED) is 0.755. The molecule has 16 heavy (non-hydrogen) atoms. The summed E-state index contributed by atoms with van der Waals surface area (Å²) in [5.41, 5.74) is 1.79. The van der Waals surface area contributed by atoms with Gasteiger partial charge >= 0.3 is 0 Å². The van der Waals surface area contributed by atoms with Gasteiger partial charge in [0, 0.05) is 15.6 Å². The molecule has 0 unspecified atom stereocenters. The van der Waals surface area contributed by atoms with E-state index in [1.807, 2.05) is 42.5 Å². The summed E-state index contributed by atoms with van der Waals surface area (Å²) in [5, 5.41) is 1.28. The van der Waals surface area contributed by atoms with Crippen molar-refractivity contribution in [2.75, 3.05) is 7.11 Å². The molecule has 2 rings (SSSR count). The molecule has 1 nitrogen and oxygen atoms in total. The second-order valence-electron chi connectivity index (χ2n) is 3.33. The largest absolute Gasteiger partial charge is 0.497 e. The third-order valence-electron chi connectivity index (χ3n) is 2.32. The van der Waals surface area contributed by atoms with E-state index in [1.54, 1.807) is 7.11 Å². The van der Waals surface area contributed by atoms with Crippen LogP contribution in [-0.2, 0) is 0 Å². The highest BCUT2D eigenvalue weighted by Gasteiger charge is 2.08. The smallest absolute Gasteiger partial charge is 0.119 e. The number of hydrogen-bond acceptors (Lipinski definition) is 1. The average Bonchev–Trinajstić information content (AvgIpc) is 2.29. The number of benzene rings is 2. The Morgan fingerprint density at radius 3 is 2.19 bits per heavy atom. The van der Waals surface area contributed by atoms with Crippen molar-refractivity contribution < 1.29 is 4.74 Å². The summed E-state index contributed by atoms with van der Waals surface area (Å²) in [6, 6.07) is 13.1. The van der Waals surface area contributed by atoms with Gasteiger partial charge in [0.15, 0.2) is 0 Å². The lowest BCUT2D eigenvalue weighted by molar-refractivity contribution is 0.415. The van der Waals surface area contributed by atoms with Crippen LogP contribution >= 0.6 is 23.2 Å². The Morgan fingerprint density at radius 2 is 1.56 bits per heavy atom. The first-order valence-corrected chi connectivity index (χ1v) is 5.56. The summed E-state index contributed by atoms with van der Waals surface area (Å²) >= 11 is 12.3. The molecule has 0 saturated heterocycles. The molecule has 0 spiro atoms. The fourth-order valence-corrected chi connectivity index (χ4v) is 2.17. The van der Waals surface area contributed by atoms with Crippen LogP contribution in [0.3, 0.4) is 0 Å². The van der Waals surface area contributed by atoms with Crippen molar-refractivity contribution >= 4 is 23.2 Å². The summed E-state index contributed by atoms with van der Waals surface area (Å²) in [7, 11) is 1.63. The van der Waals surface area contributed by atoms with Crippen LogP contribution in [0.5, 0.6) is 5.75 Å². The van der Waals surface area contributed by atoms with Gasteiger partial charge in [-0.2, -0.15) is 0 Å². The highest BCUT2D eigenvalue weighted by Crippen LogP contribution is 2.35. The lowest BCUT2D eigenvalue weighted by atomic mass is 10.1. The van der Waals surface area contributed by atoms with Gasteiger partial charge in [-0.25, -0.2) is 0 Å². The molecule has 0 fully saturated rings. The van der Waals surface area contributed by atoms with Gasteiger partial charge in [0.2, 0.25) is 0 Å². The molecule has 0 bridgehead atoms. The Kier molecular flexibility index (Phi) is 3.37. The zero-order valence-electron chi connectivity index (χ0n) is 8.71. The van der Waals surface area contributed by atoms with Crippen molar-refractivity contribution in [1.29, 1.82) is 0 Å². The molecule has 0 heterocycles. The predicted molar refractivity (Wildman–Crippen MR) is 68.5 cm³/mol. The summed E-state index contributed by atoms with van der Waals surface area (Å²) < 4.78 is 5.17. The van der Waals surface area contributed by atoms with E-state index in [4.69, 9.17) is 27.9 Å². The first kappa shape index (κ1) is 11.3. The molecule has 82 valence electrons. The van der Waals surface area contributed by atoms with E-state index in [2.05, 4.69) is 0 Å². The van der Waals surface area contributed by atoms with E-state index in [-0.39, 0.29) is 0 Å². The molecule has 2 aromatic carbocycles. The van der Waals surface area contributed by atoms with Crippen LogP contribution in [-0.4, -0.2) is 7.11 Å². The number of hydrogen-bond donors (Lipinski definition) is 0. The van der Waals surface area contributed by atoms with E-state index in [0.29, 0.717) is 10.0 Å². The fourth-order valence-electron chi connectivity index (χ4n) is 1.55. The van der Waals surface area contributed by atoms with Gasteiger partial charge in [-0.05, 0) is 29.8 Å². The Bertz CT molecular complexity index is 489. The van der Waals surface area contributed by atoms with E-state index < -0.39 is 0 Å². The van der Waals surface area contributed by atoms with Gasteiger partial charge in [-0.15, -0.1) is 0 Å². The first-order valence-electron chi connectivity index (χ1n) is 4.81. The summed E-state index contributed by atoms with van der Waals surface area (Å²) in [6.45, 7) is 0. The lowest BCUT2D eigenvalue weighted by Gasteiger charge is -2.08. The van der Waals surface area contributed by atoms with Crippen LogP contribution in [0.1, 0.15) is 0 Å². The normalized spacial score (nSPS) is 10.2. The van der Waals surface area contributed by atoms with Crippen molar-refractivity contribution in [2.45, 2.75) is 0 Å². The van der Waals surface area contributed by atoms with Crippen LogP contribution in [0.25, 0.3) is 11.1 Å². The van der Waals surface area contributed by atoms with E-state index >= 15 is 0 Å². The zero-order chi connectivity index (χ0) is 11.5. The predicted octanol–water partition coefficient (Wildman–Crippen LogP) is 4.67. The summed E-state index contributed by atoms with van der Waals surface area (Å²) in [6.07, 6.45) is 0. The van der Waals surface area contributed by atoms with E-state index in [9.17, 15) is 0 Å². The van der Waals surface area contributed by atoms with Crippen LogP contribution < -0.4 is 4.74 Å². The first-order chi connectivity index (χ1) is 7.72. The summed E-state index contributed by atoms with van der Waals surface area (Å²) in [4.78, 5) is 0. The van der Waals surface area contributed by atoms with Gasteiger partial charge < -0.3 is 4.74 Å². The minimum absolute atomic E-state index is 0.640. The number of rotatable bonds is 2. The van der Waals surface area contributed by atoms with Gasteiger partial charge in [0.1, 0.15) is 5.75 Å². The maximum atomic E-state index is 6.13. The third kappa shape index (κ3) is 2.16. The molecule has 3 heteroatoms. The molecule has 0 saturated carbocycles.